The molecular formula is C13H19N5O2S. The van der Waals surface area contributed by atoms with Gasteiger partial charge in [0.15, 0.2) is 0 Å². The lowest BCUT2D eigenvalue weighted by atomic mass is 10.2. The van der Waals surface area contributed by atoms with Crippen molar-refractivity contribution in [3.8, 4) is 0 Å². The van der Waals surface area contributed by atoms with Crippen molar-refractivity contribution in [2.24, 2.45) is 7.05 Å². The molecule has 0 unspecified atom stereocenters. The van der Waals surface area contributed by atoms with Crippen LogP contribution in [0.2, 0.25) is 0 Å². The molecule has 0 aliphatic carbocycles. The molecule has 1 heterocycles. The molecule has 114 valence electrons. The first-order valence-electron chi connectivity index (χ1n) is 6.50. The maximum Gasteiger partial charge on any atom is 0.242 e. The summed E-state index contributed by atoms with van der Waals surface area (Å²) in [6, 6.07) is 4.72. The lowest BCUT2D eigenvalue weighted by Crippen LogP contribution is -2.20. The van der Waals surface area contributed by atoms with E-state index in [1.54, 1.807) is 16.8 Å². The SMILES string of the molecule is CCc1nn(C)cc1Nc1ccc(N)cc1S(=O)(=O)NC. The molecule has 8 heteroatoms. The fourth-order valence-electron chi connectivity index (χ4n) is 2.02. The maximum atomic E-state index is 12.1. The Morgan fingerprint density at radius 1 is 1.33 bits per heavy atom. The van der Waals surface area contributed by atoms with Crippen LogP contribution in [-0.2, 0) is 23.5 Å². The molecule has 21 heavy (non-hydrogen) atoms. The van der Waals surface area contributed by atoms with Crippen LogP contribution in [0.4, 0.5) is 17.1 Å². The Morgan fingerprint density at radius 2 is 2.05 bits per heavy atom. The summed E-state index contributed by atoms with van der Waals surface area (Å²) in [5.41, 5.74) is 8.18. The lowest BCUT2D eigenvalue weighted by molar-refractivity contribution is 0.588. The van der Waals surface area contributed by atoms with Gasteiger partial charge < -0.3 is 11.1 Å². The molecule has 0 bridgehead atoms. The van der Waals surface area contributed by atoms with Gasteiger partial charge >= 0.3 is 0 Å². The van der Waals surface area contributed by atoms with Gasteiger partial charge in [-0.1, -0.05) is 6.92 Å². The van der Waals surface area contributed by atoms with Crippen molar-refractivity contribution in [1.82, 2.24) is 14.5 Å². The van der Waals surface area contributed by atoms with E-state index in [-0.39, 0.29) is 4.90 Å². The van der Waals surface area contributed by atoms with Gasteiger partial charge in [-0.3, -0.25) is 4.68 Å². The summed E-state index contributed by atoms with van der Waals surface area (Å²) in [6.07, 6.45) is 2.55. The molecule has 1 aromatic carbocycles. The predicted octanol–water partition coefficient (Wildman–Crippen LogP) is 1.22. The molecule has 4 N–H and O–H groups in total. The molecule has 2 aromatic rings. The Bertz CT molecular complexity index is 752. The quantitative estimate of drug-likeness (QED) is 0.721. The first-order valence-corrected chi connectivity index (χ1v) is 7.98. The smallest absolute Gasteiger partial charge is 0.242 e. The van der Waals surface area contributed by atoms with E-state index in [0.29, 0.717) is 11.4 Å². The molecular weight excluding hydrogens is 290 g/mol. The fraction of sp³-hybridized carbons (Fsp3) is 0.308. The van der Waals surface area contributed by atoms with Crippen LogP contribution in [0.5, 0.6) is 0 Å². The molecule has 0 saturated heterocycles. The molecule has 7 nitrogen and oxygen atoms in total. The van der Waals surface area contributed by atoms with Gasteiger partial charge in [0.25, 0.3) is 0 Å². The van der Waals surface area contributed by atoms with Gasteiger partial charge in [0, 0.05) is 18.9 Å². The average molecular weight is 309 g/mol. The standard InChI is InChI=1S/C13H19N5O2S/c1-4-10-12(8-18(3)17-10)16-11-6-5-9(14)7-13(11)21(19,20)15-2/h5-8,15-16H,4,14H2,1-3H3. The zero-order chi connectivity index (χ0) is 15.6. The number of anilines is 3. The van der Waals surface area contributed by atoms with E-state index >= 15 is 0 Å². The van der Waals surface area contributed by atoms with Crippen LogP contribution in [0, 0.1) is 0 Å². The van der Waals surface area contributed by atoms with Crippen molar-refractivity contribution in [3.63, 3.8) is 0 Å². The molecule has 0 atom stereocenters. The Kier molecular flexibility index (Phi) is 4.19. The van der Waals surface area contributed by atoms with Crippen LogP contribution in [0.1, 0.15) is 12.6 Å². The number of sulfonamides is 1. The lowest BCUT2D eigenvalue weighted by Gasteiger charge is -2.12. The number of aromatic nitrogens is 2. The molecule has 0 aliphatic heterocycles. The second kappa shape index (κ2) is 5.74. The summed E-state index contributed by atoms with van der Waals surface area (Å²) in [6.45, 7) is 1.99. The number of nitrogens with two attached hydrogens (primary N) is 1. The number of hydrogen-bond acceptors (Lipinski definition) is 5. The van der Waals surface area contributed by atoms with Crippen LogP contribution in [0.25, 0.3) is 0 Å². The van der Waals surface area contributed by atoms with E-state index in [1.807, 2.05) is 20.2 Å². The van der Waals surface area contributed by atoms with E-state index in [1.165, 1.54) is 13.1 Å². The Balaban J connectivity index is 2.49. The number of nitrogen functional groups attached to an aromatic ring is 1. The zero-order valence-corrected chi connectivity index (χ0v) is 13.0. The van der Waals surface area contributed by atoms with Crippen molar-refractivity contribution in [2.45, 2.75) is 18.2 Å². The molecule has 0 amide bonds. The second-order valence-corrected chi connectivity index (χ2v) is 6.46. The van der Waals surface area contributed by atoms with Gasteiger partial charge in [-0.25, -0.2) is 13.1 Å². The summed E-state index contributed by atoms with van der Waals surface area (Å²) in [5.74, 6) is 0. The summed E-state index contributed by atoms with van der Waals surface area (Å²) < 4.78 is 28.2. The van der Waals surface area contributed by atoms with Crippen LogP contribution in [0.3, 0.4) is 0 Å². The number of hydrogen-bond donors (Lipinski definition) is 3. The summed E-state index contributed by atoms with van der Waals surface area (Å²) in [4.78, 5) is 0.107. The minimum absolute atomic E-state index is 0.107. The number of nitrogens with one attached hydrogen (secondary N) is 2. The van der Waals surface area contributed by atoms with Crippen LogP contribution in [-0.4, -0.2) is 25.2 Å². The Hall–Kier alpha value is -2.06. The molecule has 2 rings (SSSR count). The average Bonchev–Trinajstić information content (AvgIpc) is 2.80. The monoisotopic (exact) mass is 309 g/mol. The normalized spacial score (nSPS) is 11.6. The van der Waals surface area contributed by atoms with E-state index in [9.17, 15) is 8.42 Å². The van der Waals surface area contributed by atoms with Crippen LogP contribution < -0.4 is 15.8 Å². The number of aryl methyl sites for hydroxylation is 2. The molecule has 0 fully saturated rings. The van der Waals surface area contributed by atoms with Gasteiger partial charge in [-0.05, 0) is 31.7 Å². The highest BCUT2D eigenvalue weighted by atomic mass is 32.2. The van der Waals surface area contributed by atoms with E-state index < -0.39 is 10.0 Å². The fourth-order valence-corrected chi connectivity index (χ4v) is 2.94. The minimum atomic E-state index is -3.60. The highest BCUT2D eigenvalue weighted by Gasteiger charge is 2.18. The van der Waals surface area contributed by atoms with E-state index in [2.05, 4.69) is 15.1 Å². The summed E-state index contributed by atoms with van der Waals surface area (Å²) in [5, 5.41) is 7.44. The number of benzene rings is 1. The van der Waals surface area contributed by atoms with Crippen molar-refractivity contribution in [2.75, 3.05) is 18.1 Å². The van der Waals surface area contributed by atoms with Gasteiger partial charge in [0.1, 0.15) is 4.90 Å². The minimum Gasteiger partial charge on any atom is -0.399 e. The van der Waals surface area contributed by atoms with Gasteiger partial charge in [-0.2, -0.15) is 5.10 Å². The zero-order valence-electron chi connectivity index (χ0n) is 12.2. The molecule has 1 aromatic heterocycles. The van der Waals surface area contributed by atoms with Crippen molar-refractivity contribution < 1.29 is 8.42 Å². The third-order valence-electron chi connectivity index (χ3n) is 3.07. The summed E-state index contributed by atoms with van der Waals surface area (Å²) in [7, 11) is -0.421. The van der Waals surface area contributed by atoms with Crippen molar-refractivity contribution in [3.05, 3.63) is 30.1 Å². The Labute approximate surface area is 124 Å². The van der Waals surface area contributed by atoms with E-state index in [4.69, 9.17) is 5.73 Å². The third kappa shape index (κ3) is 3.17. The highest BCUT2D eigenvalue weighted by molar-refractivity contribution is 7.89. The number of rotatable bonds is 5. The number of nitrogens with zero attached hydrogens (tertiary/aromatic N) is 2. The van der Waals surface area contributed by atoms with Crippen LogP contribution in [0.15, 0.2) is 29.3 Å². The maximum absolute atomic E-state index is 12.1. The van der Waals surface area contributed by atoms with Gasteiger partial charge in [0.2, 0.25) is 10.0 Å². The van der Waals surface area contributed by atoms with Crippen molar-refractivity contribution in [1.29, 1.82) is 0 Å². The second-order valence-electron chi connectivity index (χ2n) is 4.60. The van der Waals surface area contributed by atoms with Crippen LogP contribution >= 0.6 is 0 Å². The Morgan fingerprint density at radius 3 is 2.67 bits per heavy atom. The largest absolute Gasteiger partial charge is 0.399 e. The topological polar surface area (TPSA) is 102 Å². The van der Waals surface area contributed by atoms with Gasteiger partial charge in [0.05, 0.1) is 17.1 Å². The van der Waals surface area contributed by atoms with Crippen molar-refractivity contribution >= 4 is 27.1 Å². The van der Waals surface area contributed by atoms with Gasteiger partial charge in [-0.15, -0.1) is 0 Å². The van der Waals surface area contributed by atoms with E-state index in [0.717, 1.165) is 17.8 Å². The summed E-state index contributed by atoms with van der Waals surface area (Å²) >= 11 is 0. The third-order valence-corrected chi connectivity index (χ3v) is 4.53. The molecule has 0 radical (unpaired) electrons. The predicted molar refractivity (Wildman–Crippen MR) is 83.0 cm³/mol. The first-order chi connectivity index (χ1) is 9.87. The molecule has 0 spiro atoms. The highest BCUT2D eigenvalue weighted by Crippen LogP contribution is 2.28. The molecule has 0 saturated carbocycles. The first kappa shape index (κ1) is 15.3. The molecule has 0 aliphatic rings.